The summed E-state index contributed by atoms with van der Waals surface area (Å²) in [5.41, 5.74) is 1.17. The van der Waals surface area contributed by atoms with E-state index < -0.39 is 0 Å². The Labute approximate surface area is 180 Å². The number of rotatable bonds is 7. The van der Waals surface area contributed by atoms with Crippen molar-refractivity contribution in [2.24, 2.45) is 10.9 Å². The van der Waals surface area contributed by atoms with Crippen molar-refractivity contribution in [2.75, 3.05) is 53.9 Å². The zero-order valence-electron chi connectivity index (χ0n) is 16.8. The number of benzene rings is 1. The van der Waals surface area contributed by atoms with Gasteiger partial charge in [-0.3, -0.25) is 9.89 Å². The second-order valence-corrected chi connectivity index (χ2v) is 7.57. The molecule has 1 saturated carbocycles. The van der Waals surface area contributed by atoms with E-state index in [0.717, 1.165) is 50.4 Å². The van der Waals surface area contributed by atoms with Crippen molar-refractivity contribution in [1.82, 2.24) is 20.4 Å². The summed E-state index contributed by atoms with van der Waals surface area (Å²) < 4.78 is 6.00. The first kappa shape index (κ1) is 22.2. The minimum atomic E-state index is 0. The van der Waals surface area contributed by atoms with Gasteiger partial charge in [-0.05, 0) is 38.9 Å². The minimum Gasteiger partial charge on any atom is -0.493 e. The summed E-state index contributed by atoms with van der Waals surface area (Å²) in [6.45, 7) is 5.77. The lowest BCUT2D eigenvalue weighted by Crippen LogP contribution is -2.55. The second kappa shape index (κ2) is 11.1. The Morgan fingerprint density at radius 2 is 1.96 bits per heavy atom. The molecule has 6 nitrogen and oxygen atoms in total. The molecule has 1 unspecified atom stereocenters. The quantitative estimate of drug-likeness (QED) is 0.350. The fourth-order valence-electron chi connectivity index (χ4n) is 3.22. The molecule has 1 aromatic carbocycles. The van der Waals surface area contributed by atoms with Crippen LogP contribution in [0, 0.1) is 5.92 Å². The van der Waals surface area contributed by atoms with Crippen LogP contribution in [0.3, 0.4) is 0 Å². The van der Waals surface area contributed by atoms with Crippen molar-refractivity contribution >= 4 is 29.9 Å². The minimum absolute atomic E-state index is 0. The van der Waals surface area contributed by atoms with Gasteiger partial charge in [-0.15, -0.1) is 24.0 Å². The van der Waals surface area contributed by atoms with E-state index >= 15 is 0 Å². The first-order valence-corrected chi connectivity index (χ1v) is 9.69. The van der Waals surface area contributed by atoms with Crippen LogP contribution in [0.5, 0.6) is 5.75 Å². The van der Waals surface area contributed by atoms with E-state index in [1.807, 2.05) is 13.1 Å². The van der Waals surface area contributed by atoms with Gasteiger partial charge in [0, 0.05) is 51.4 Å². The highest BCUT2D eigenvalue weighted by Crippen LogP contribution is 2.30. The Balaban J connectivity index is 0.00000261. The maximum Gasteiger partial charge on any atom is 0.191 e. The maximum absolute atomic E-state index is 6.00. The summed E-state index contributed by atoms with van der Waals surface area (Å²) in [5.74, 6) is 2.58. The zero-order valence-corrected chi connectivity index (χ0v) is 19.1. The molecule has 0 amide bonds. The first-order valence-electron chi connectivity index (χ1n) is 9.69. The SMILES string of the molecule is CN=C(NCc1ccccc1OCC1CC1)NCC1CN(C)CCN1C.I. The molecule has 2 aliphatic rings. The molecule has 0 bridgehead atoms. The number of hydrogen-bond donors (Lipinski definition) is 2. The average molecular weight is 487 g/mol. The van der Waals surface area contributed by atoms with Crippen LogP contribution < -0.4 is 15.4 Å². The lowest BCUT2D eigenvalue weighted by Gasteiger charge is -2.37. The van der Waals surface area contributed by atoms with Crippen LogP contribution in [-0.4, -0.2) is 75.7 Å². The average Bonchev–Trinajstić information content (AvgIpc) is 3.48. The van der Waals surface area contributed by atoms with Gasteiger partial charge in [0.2, 0.25) is 0 Å². The van der Waals surface area contributed by atoms with Gasteiger partial charge < -0.3 is 20.3 Å². The number of nitrogens with zero attached hydrogens (tertiary/aromatic N) is 3. The van der Waals surface area contributed by atoms with Gasteiger partial charge >= 0.3 is 0 Å². The van der Waals surface area contributed by atoms with Gasteiger partial charge in [0.15, 0.2) is 5.96 Å². The van der Waals surface area contributed by atoms with E-state index in [9.17, 15) is 0 Å². The zero-order chi connectivity index (χ0) is 18.4. The number of likely N-dealkylation sites (N-methyl/N-ethyl adjacent to an activating group) is 2. The van der Waals surface area contributed by atoms with Crippen LogP contribution in [0.25, 0.3) is 0 Å². The molecule has 0 radical (unpaired) electrons. The maximum atomic E-state index is 6.00. The fraction of sp³-hybridized carbons (Fsp3) is 0.650. The van der Waals surface area contributed by atoms with Crippen molar-refractivity contribution < 1.29 is 4.74 Å². The topological polar surface area (TPSA) is 52.1 Å². The third-order valence-corrected chi connectivity index (χ3v) is 5.30. The molecule has 1 atom stereocenters. The lowest BCUT2D eigenvalue weighted by atomic mass is 10.2. The van der Waals surface area contributed by atoms with Gasteiger partial charge in [-0.25, -0.2) is 0 Å². The van der Waals surface area contributed by atoms with Gasteiger partial charge in [0.25, 0.3) is 0 Å². The third-order valence-electron chi connectivity index (χ3n) is 5.30. The Kier molecular flexibility index (Phi) is 9.11. The first-order chi connectivity index (χ1) is 12.7. The van der Waals surface area contributed by atoms with Gasteiger partial charge in [0.05, 0.1) is 6.61 Å². The molecule has 0 aromatic heterocycles. The van der Waals surface area contributed by atoms with E-state index in [1.165, 1.54) is 18.4 Å². The van der Waals surface area contributed by atoms with Crippen molar-refractivity contribution in [3.63, 3.8) is 0 Å². The summed E-state index contributed by atoms with van der Waals surface area (Å²) in [5, 5.41) is 6.89. The molecule has 0 spiro atoms. The summed E-state index contributed by atoms with van der Waals surface area (Å²) in [6, 6.07) is 8.77. The van der Waals surface area contributed by atoms with Crippen LogP contribution in [0.1, 0.15) is 18.4 Å². The fourth-order valence-corrected chi connectivity index (χ4v) is 3.22. The Hall–Kier alpha value is -1.06. The molecule has 27 heavy (non-hydrogen) atoms. The van der Waals surface area contributed by atoms with Gasteiger partial charge in [0.1, 0.15) is 5.75 Å². The van der Waals surface area contributed by atoms with E-state index in [4.69, 9.17) is 4.74 Å². The number of guanidine groups is 1. The second-order valence-electron chi connectivity index (χ2n) is 7.57. The molecular formula is C20H34IN5O. The predicted octanol–water partition coefficient (Wildman–Crippen LogP) is 2.00. The molecule has 1 heterocycles. The smallest absolute Gasteiger partial charge is 0.191 e. The molecule has 1 aromatic rings. The number of ether oxygens (including phenoxy) is 1. The molecule has 3 rings (SSSR count). The summed E-state index contributed by atoms with van der Waals surface area (Å²) in [4.78, 5) is 9.17. The Morgan fingerprint density at radius 3 is 2.70 bits per heavy atom. The summed E-state index contributed by atoms with van der Waals surface area (Å²) in [6.07, 6.45) is 2.61. The highest BCUT2D eigenvalue weighted by Gasteiger charge is 2.23. The molecule has 152 valence electrons. The van der Waals surface area contributed by atoms with E-state index in [1.54, 1.807) is 0 Å². The number of hydrogen-bond acceptors (Lipinski definition) is 4. The monoisotopic (exact) mass is 487 g/mol. The summed E-state index contributed by atoms with van der Waals surface area (Å²) >= 11 is 0. The molecule has 1 aliphatic carbocycles. The highest BCUT2D eigenvalue weighted by molar-refractivity contribution is 14.0. The number of nitrogens with one attached hydrogen (secondary N) is 2. The van der Waals surface area contributed by atoms with Crippen molar-refractivity contribution in [2.45, 2.75) is 25.4 Å². The van der Waals surface area contributed by atoms with Crippen LogP contribution in [-0.2, 0) is 6.54 Å². The predicted molar refractivity (Wildman–Crippen MR) is 122 cm³/mol. The largest absolute Gasteiger partial charge is 0.493 e. The number of para-hydroxylation sites is 1. The Morgan fingerprint density at radius 1 is 1.19 bits per heavy atom. The normalized spacial score (nSPS) is 21.4. The van der Waals surface area contributed by atoms with Crippen molar-refractivity contribution in [3.05, 3.63) is 29.8 Å². The van der Waals surface area contributed by atoms with Crippen molar-refractivity contribution in [3.8, 4) is 5.75 Å². The molecule has 7 heteroatoms. The van der Waals surface area contributed by atoms with Crippen molar-refractivity contribution in [1.29, 1.82) is 0 Å². The molecule has 1 aliphatic heterocycles. The molecule has 1 saturated heterocycles. The van der Waals surface area contributed by atoms with E-state index in [-0.39, 0.29) is 24.0 Å². The molecule has 2 N–H and O–H groups in total. The van der Waals surface area contributed by atoms with Crippen LogP contribution >= 0.6 is 24.0 Å². The number of aliphatic imine (C=N–C) groups is 1. The lowest BCUT2D eigenvalue weighted by molar-refractivity contribution is 0.116. The summed E-state index contributed by atoms with van der Waals surface area (Å²) in [7, 11) is 6.20. The third kappa shape index (κ3) is 7.12. The van der Waals surface area contributed by atoms with Gasteiger partial charge in [-0.1, -0.05) is 18.2 Å². The van der Waals surface area contributed by atoms with Crippen LogP contribution in [0.2, 0.25) is 0 Å². The molecular weight excluding hydrogens is 453 g/mol. The van der Waals surface area contributed by atoms with Gasteiger partial charge in [-0.2, -0.15) is 0 Å². The van der Waals surface area contributed by atoms with E-state index in [2.05, 4.69) is 57.7 Å². The Bertz CT molecular complexity index is 608. The van der Waals surface area contributed by atoms with Crippen LogP contribution in [0.15, 0.2) is 29.3 Å². The highest BCUT2D eigenvalue weighted by atomic mass is 127. The standard InChI is InChI=1S/C20H33N5O.HI/c1-21-20(23-13-18-14-24(2)10-11-25(18)3)22-12-17-6-4-5-7-19(17)26-15-16-8-9-16;/h4-7,16,18H,8-15H2,1-3H3,(H2,21,22,23);1H. The van der Waals surface area contributed by atoms with Crippen LogP contribution in [0.4, 0.5) is 0 Å². The molecule has 2 fully saturated rings. The van der Waals surface area contributed by atoms with E-state index in [0.29, 0.717) is 12.6 Å². The number of halogens is 1. The number of piperazine rings is 1.